The third-order valence-electron chi connectivity index (χ3n) is 7.25. The SMILES string of the molecule is CC(=O)N1CCC(n2cc(-c3cnc(N)c4oc(-c5cccc(OCc6ccccc6Cl)c5)cc34)cn2)CC1. The van der Waals surface area contributed by atoms with E-state index < -0.39 is 0 Å². The number of nitrogen functional groups attached to an aromatic ring is 1. The Kier molecular flexibility index (Phi) is 6.70. The fourth-order valence-electron chi connectivity index (χ4n) is 5.05. The largest absolute Gasteiger partial charge is 0.489 e. The van der Waals surface area contributed by atoms with Gasteiger partial charge in [-0.3, -0.25) is 9.48 Å². The number of pyridine rings is 1. The molecule has 39 heavy (non-hydrogen) atoms. The predicted octanol–water partition coefficient (Wildman–Crippen LogP) is 6.36. The summed E-state index contributed by atoms with van der Waals surface area (Å²) in [4.78, 5) is 18.0. The summed E-state index contributed by atoms with van der Waals surface area (Å²) < 4.78 is 14.2. The quantitative estimate of drug-likeness (QED) is 0.268. The van der Waals surface area contributed by atoms with E-state index >= 15 is 0 Å². The molecule has 0 radical (unpaired) electrons. The van der Waals surface area contributed by atoms with Gasteiger partial charge in [-0.2, -0.15) is 5.10 Å². The first-order chi connectivity index (χ1) is 19.0. The van der Waals surface area contributed by atoms with Crippen molar-refractivity contribution in [2.24, 2.45) is 0 Å². The number of carbonyl (C=O) groups is 1. The first-order valence-corrected chi connectivity index (χ1v) is 13.3. The summed E-state index contributed by atoms with van der Waals surface area (Å²) in [6, 6.07) is 17.6. The fourth-order valence-corrected chi connectivity index (χ4v) is 5.24. The zero-order valence-corrected chi connectivity index (χ0v) is 22.3. The number of piperidine rings is 1. The molecule has 1 aliphatic heterocycles. The average Bonchev–Trinajstić information content (AvgIpc) is 3.62. The van der Waals surface area contributed by atoms with Gasteiger partial charge in [-0.05, 0) is 37.1 Å². The van der Waals surface area contributed by atoms with Crippen LogP contribution in [0.5, 0.6) is 5.75 Å². The minimum Gasteiger partial charge on any atom is -0.489 e. The second kappa shape index (κ2) is 10.5. The fraction of sp³-hybridized carbons (Fsp3) is 0.233. The predicted molar refractivity (Wildman–Crippen MR) is 151 cm³/mol. The number of anilines is 1. The smallest absolute Gasteiger partial charge is 0.219 e. The van der Waals surface area contributed by atoms with Crippen LogP contribution in [0.25, 0.3) is 33.4 Å². The first-order valence-electron chi connectivity index (χ1n) is 12.9. The van der Waals surface area contributed by atoms with Crippen LogP contribution in [0.4, 0.5) is 5.82 Å². The summed E-state index contributed by atoms with van der Waals surface area (Å²) in [6.07, 6.45) is 7.40. The number of nitrogens with two attached hydrogens (primary N) is 1. The Morgan fingerprint density at radius 1 is 1.10 bits per heavy atom. The molecule has 0 unspecified atom stereocenters. The van der Waals surface area contributed by atoms with Crippen molar-refractivity contribution >= 4 is 34.3 Å². The molecule has 1 aliphatic rings. The highest BCUT2D eigenvalue weighted by Crippen LogP contribution is 2.37. The molecule has 198 valence electrons. The van der Waals surface area contributed by atoms with E-state index in [-0.39, 0.29) is 11.9 Å². The van der Waals surface area contributed by atoms with Gasteiger partial charge in [0.25, 0.3) is 0 Å². The normalized spacial score (nSPS) is 14.2. The molecule has 5 aromatic rings. The van der Waals surface area contributed by atoms with Gasteiger partial charge in [0.2, 0.25) is 5.91 Å². The molecule has 6 rings (SSSR count). The molecule has 1 amide bonds. The highest BCUT2D eigenvalue weighted by Gasteiger charge is 2.23. The Hall–Kier alpha value is -4.30. The molecular weight excluding hydrogens is 514 g/mol. The highest BCUT2D eigenvalue weighted by atomic mass is 35.5. The zero-order chi connectivity index (χ0) is 26.9. The van der Waals surface area contributed by atoms with Crippen molar-refractivity contribution in [3.8, 4) is 28.2 Å². The highest BCUT2D eigenvalue weighted by molar-refractivity contribution is 6.31. The number of benzene rings is 2. The second-order valence-corrected chi connectivity index (χ2v) is 10.2. The lowest BCUT2D eigenvalue weighted by molar-refractivity contribution is -0.130. The zero-order valence-electron chi connectivity index (χ0n) is 21.5. The topological polar surface area (TPSA) is 99.4 Å². The van der Waals surface area contributed by atoms with Crippen LogP contribution in [0.2, 0.25) is 5.02 Å². The third kappa shape index (κ3) is 5.07. The van der Waals surface area contributed by atoms with Crippen molar-refractivity contribution in [3.63, 3.8) is 0 Å². The van der Waals surface area contributed by atoms with E-state index in [4.69, 9.17) is 26.5 Å². The van der Waals surface area contributed by atoms with Gasteiger partial charge in [0.1, 0.15) is 18.1 Å². The molecule has 1 saturated heterocycles. The molecule has 0 spiro atoms. The van der Waals surface area contributed by atoms with Gasteiger partial charge in [-0.25, -0.2) is 4.98 Å². The van der Waals surface area contributed by atoms with E-state index in [1.165, 1.54) is 0 Å². The number of hydrogen-bond acceptors (Lipinski definition) is 6. The Bertz CT molecular complexity index is 1650. The third-order valence-corrected chi connectivity index (χ3v) is 7.62. The van der Waals surface area contributed by atoms with E-state index in [0.29, 0.717) is 34.5 Å². The van der Waals surface area contributed by atoms with Crippen molar-refractivity contribution in [3.05, 3.63) is 83.8 Å². The van der Waals surface area contributed by atoms with E-state index in [1.54, 1.807) is 13.1 Å². The number of ether oxygens (including phenoxy) is 1. The number of fused-ring (bicyclic) bond motifs is 1. The number of hydrogen-bond donors (Lipinski definition) is 1. The van der Waals surface area contributed by atoms with E-state index in [2.05, 4.69) is 10.1 Å². The van der Waals surface area contributed by atoms with Crippen molar-refractivity contribution < 1.29 is 13.9 Å². The van der Waals surface area contributed by atoms with E-state index in [0.717, 1.165) is 53.6 Å². The van der Waals surface area contributed by atoms with E-state index in [9.17, 15) is 4.79 Å². The van der Waals surface area contributed by atoms with Gasteiger partial charge in [-0.15, -0.1) is 0 Å². The van der Waals surface area contributed by atoms with Gasteiger partial charge in [0.05, 0.1) is 12.2 Å². The Morgan fingerprint density at radius 2 is 1.92 bits per heavy atom. The molecule has 4 heterocycles. The lowest BCUT2D eigenvalue weighted by atomic mass is 10.0. The summed E-state index contributed by atoms with van der Waals surface area (Å²) in [7, 11) is 0. The van der Waals surface area contributed by atoms with Crippen LogP contribution in [0, 0.1) is 0 Å². The van der Waals surface area contributed by atoms with Crippen LogP contribution in [0.1, 0.15) is 31.4 Å². The number of amides is 1. The minimum atomic E-state index is 0.124. The average molecular weight is 542 g/mol. The Morgan fingerprint density at radius 3 is 2.72 bits per heavy atom. The van der Waals surface area contributed by atoms with Gasteiger partial charge >= 0.3 is 0 Å². The number of furan rings is 1. The maximum atomic E-state index is 11.7. The standard InChI is InChI=1S/C30H28ClN5O3/c1-19(37)35-11-9-23(10-12-35)36-17-22(15-34-36)26-16-33-30(32)29-25(26)14-28(39-29)20-6-4-7-24(13-20)38-18-21-5-2-3-8-27(21)31/h2-8,13-17,23H,9-12,18H2,1H3,(H2,32,33). The van der Waals surface area contributed by atoms with Crippen LogP contribution >= 0.6 is 11.6 Å². The van der Waals surface area contributed by atoms with Crippen LogP contribution in [-0.2, 0) is 11.4 Å². The number of nitrogens with zero attached hydrogens (tertiary/aromatic N) is 4. The molecule has 0 aliphatic carbocycles. The maximum absolute atomic E-state index is 11.7. The molecule has 2 N–H and O–H groups in total. The lowest BCUT2D eigenvalue weighted by Gasteiger charge is -2.31. The number of aromatic nitrogens is 3. The second-order valence-electron chi connectivity index (χ2n) is 9.76. The maximum Gasteiger partial charge on any atom is 0.219 e. The van der Waals surface area contributed by atoms with Crippen LogP contribution < -0.4 is 10.5 Å². The number of halogens is 1. The van der Waals surface area contributed by atoms with Crippen LogP contribution in [-0.4, -0.2) is 38.7 Å². The minimum absolute atomic E-state index is 0.124. The van der Waals surface area contributed by atoms with Gasteiger partial charge < -0.3 is 19.8 Å². The van der Waals surface area contributed by atoms with Crippen molar-refractivity contribution in [1.29, 1.82) is 0 Å². The van der Waals surface area contributed by atoms with Gasteiger partial charge in [0.15, 0.2) is 11.4 Å². The van der Waals surface area contributed by atoms with Crippen LogP contribution in [0.15, 0.2) is 77.6 Å². The van der Waals surface area contributed by atoms with Gasteiger partial charge in [0, 0.05) is 65.1 Å². The van der Waals surface area contributed by atoms with Crippen molar-refractivity contribution in [2.75, 3.05) is 18.8 Å². The molecule has 0 bridgehead atoms. The van der Waals surface area contributed by atoms with Crippen molar-refractivity contribution in [2.45, 2.75) is 32.4 Å². The molecule has 1 fully saturated rings. The van der Waals surface area contributed by atoms with Crippen molar-refractivity contribution in [1.82, 2.24) is 19.7 Å². The number of likely N-dealkylation sites (tertiary alicyclic amines) is 1. The van der Waals surface area contributed by atoms with Gasteiger partial charge in [-0.1, -0.05) is 41.9 Å². The summed E-state index contributed by atoms with van der Waals surface area (Å²) in [6.45, 7) is 3.47. The summed E-state index contributed by atoms with van der Waals surface area (Å²) in [5.41, 5.74) is 10.4. The molecule has 8 nitrogen and oxygen atoms in total. The molecule has 3 aromatic heterocycles. The molecule has 2 aromatic carbocycles. The molecule has 9 heteroatoms. The lowest BCUT2D eigenvalue weighted by Crippen LogP contribution is -2.37. The van der Waals surface area contributed by atoms with Crippen LogP contribution in [0.3, 0.4) is 0 Å². The number of carbonyl (C=O) groups excluding carboxylic acids is 1. The number of rotatable bonds is 6. The molecule has 0 atom stereocenters. The molecular formula is C30H28ClN5O3. The summed E-state index contributed by atoms with van der Waals surface area (Å²) in [5, 5.41) is 6.18. The monoisotopic (exact) mass is 541 g/mol. The first kappa shape index (κ1) is 25.0. The summed E-state index contributed by atoms with van der Waals surface area (Å²) >= 11 is 6.27. The Balaban J connectivity index is 1.26. The Labute approximate surface area is 230 Å². The summed E-state index contributed by atoms with van der Waals surface area (Å²) in [5.74, 6) is 1.82. The molecule has 0 saturated carbocycles. The van der Waals surface area contributed by atoms with E-state index in [1.807, 2.05) is 76.6 Å².